The Morgan fingerprint density at radius 2 is 1.06 bits per heavy atom. The van der Waals surface area contributed by atoms with Gasteiger partial charge in [-0.1, -0.05) is 13.8 Å². The van der Waals surface area contributed by atoms with Crippen molar-refractivity contribution in [3.8, 4) is 0 Å². The van der Waals surface area contributed by atoms with Gasteiger partial charge in [0.05, 0.1) is 6.04 Å². The van der Waals surface area contributed by atoms with Crippen molar-refractivity contribution in [1.29, 1.82) is 0 Å². The minimum atomic E-state index is -1.54. The first-order chi connectivity index (χ1) is 16.1. The van der Waals surface area contributed by atoms with Crippen molar-refractivity contribution in [2.75, 3.05) is 0 Å². The highest BCUT2D eigenvalue weighted by atomic mass is 16.4. The number of nitrogens with two attached hydrogens (primary N) is 1. The van der Waals surface area contributed by atoms with E-state index >= 15 is 0 Å². The zero-order valence-corrected chi connectivity index (χ0v) is 19.4. The van der Waals surface area contributed by atoms with Crippen molar-refractivity contribution >= 4 is 41.6 Å². The van der Waals surface area contributed by atoms with Crippen molar-refractivity contribution in [2.45, 2.75) is 76.5 Å². The van der Waals surface area contributed by atoms with Crippen LogP contribution in [0.15, 0.2) is 0 Å². The highest BCUT2D eigenvalue weighted by Gasteiger charge is 2.32. The predicted molar refractivity (Wildman–Crippen MR) is 117 cm³/mol. The molecule has 0 aromatic carbocycles. The minimum Gasteiger partial charge on any atom is -0.481 e. The number of hydrogen-bond donors (Lipinski definition) is 8. The standard InChI is InChI=1S/C20H32N4O11/c1-9(2)16(19(33)23-12(20(34)35)5-8-15(29)30)24-18(32)11(4-7-14(27)28)22-17(31)10(21)3-6-13(25)26/h9-12,16H,3-8,21H2,1-2H3,(H,22,31)(H,23,33)(H,24,32)(H,25,26)(H,27,28)(H,29,30)(H,34,35). The smallest absolute Gasteiger partial charge is 0.326 e. The van der Waals surface area contributed by atoms with E-state index in [1.807, 2.05) is 0 Å². The van der Waals surface area contributed by atoms with Gasteiger partial charge in [-0.2, -0.15) is 0 Å². The average Bonchev–Trinajstić information content (AvgIpc) is 2.74. The summed E-state index contributed by atoms with van der Waals surface area (Å²) in [7, 11) is 0. The van der Waals surface area contributed by atoms with Gasteiger partial charge in [-0.15, -0.1) is 0 Å². The van der Waals surface area contributed by atoms with Crippen molar-refractivity contribution in [2.24, 2.45) is 11.7 Å². The largest absolute Gasteiger partial charge is 0.481 e. The lowest BCUT2D eigenvalue weighted by atomic mass is 10.0. The SMILES string of the molecule is CC(C)C(NC(=O)C(CCC(=O)O)NC(=O)C(N)CCC(=O)O)C(=O)NC(CCC(=O)O)C(=O)O. The molecular weight excluding hydrogens is 472 g/mol. The molecule has 198 valence electrons. The van der Waals surface area contributed by atoms with Crippen LogP contribution in [0.4, 0.5) is 0 Å². The minimum absolute atomic E-state index is 0.238. The third-order valence-electron chi connectivity index (χ3n) is 4.79. The second kappa shape index (κ2) is 15.2. The van der Waals surface area contributed by atoms with Gasteiger partial charge < -0.3 is 42.1 Å². The van der Waals surface area contributed by atoms with Crippen LogP contribution >= 0.6 is 0 Å². The summed E-state index contributed by atoms with van der Waals surface area (Å²) in [5, 5.41) is 42.4. The number of carbonyl (C=O) groups excluding carboxylic acids is 3. The van der Waals surface area contributed by atoms with Crippen LogP contribution in [0.5, 0.6) is 0 Å². The topological polar surface area (TPSA) is 263 Å². The summed E-state index contributed by atoms with van der Waals surface area (Å²) in [6.07, 6.45) is -2.48. The Balaban J connectivity index is 5.47. The number of carbonyl (C=O) groups is 7. The third kappa shape index (κ3) is 12.9. The lowest BCUT2D eigenvalue weighted by Gasteiger charge is -2.27. The quantitative estimate of drug-likeness (QED) is 0.108. The van der Waals surface area contributed by atoms with E-state index in [-0.39, 0.29) is 12.8 Å². The Morgan fingerprint density at radius 3 is 1.49 bits per heavy atom. The zero-order chi connectivity index (χ0) is 27.3. The van der Waals surface area contributed by atoms with Crippen LogP contribution in [0.1, 0.15) is 52.4 Å². The molecule has 4 atom stereocenters. The van der Waals surface area contributed by atoms with E-state index in [0.717, 1.165) is 0 Å². The van der Waals surface area contributed by atoms with Crippen molar-refractivity contribution in [3.63, 3.8) is 0 Å². The van der Waals surface area contributed by atoms with E-state index in [1.54, 1.807) is 0 Å². The molecule has 4 unspecified atom stereocenters. The first-order valence-corrected chi connectivity index (χ1v) is 10.7. The molecule has 0 fully saturated rings. The molecule has 9 N–H and O–H groups in total. The van der Waals surface area contributed by atoms with Gasteiger partial charge in [-0.3, -0.25) is 28.8 Å². The molecule has 15 nitrogen and oxygen atoms in total. The first kappa shape index (κ1) is 31.2. The van der Waals surface area contributed by atoms with Gasteiger partial charge in [0, 0.05) is 19.3 Å². The summed E-state index contributed by atoms with van der Waals surface area (Å²) < 4.78 is 0. The van der Waals surface area contributed by atoms with E-state index in [9.17, 15) is 38.7 Å². The summed E-state index contributed by atoms with van der Waals surface area (Å²) in [5.74, 6) is -8.56. The Morgan fingerprint density at radius 1 is 0.629 bits per heavy atom. The second-order valence-electron chi connectivity index (χ2n) is 8.09. The van der Waals surface area contributed by atoms with E-state index in [2.05, 4.69) is 16.0 Å². The van der Waals surface area contributed by atoms with Crippen LogP contribution < -0.4 is 21.7 Å². The lowest BCUT2D eigenvalue weighted by Crippen LogP contribution is -2.58. The van der Waals surface area contributed by atoms with E-state index < -0.39 is 97.4 Å². The van der Waals surface area contributed by atoms with Gasteiger partial charge in [0.15, 0.2) is 0 Å². The molecule has 0 spiro atoms. The number of nitrogens with one attached hydrogen (secondary N) is 3. The summed E-state index contributed by atoms with van der Waals surface area (Å²) in [4.78, 5) is 81.4. The molecule has 0 aliphatic carbocycles. The highest BCUT2D eigenvalue weighted by Crippen LogP contribution is 2.08. The molecule has 35 heavy (non-hydrogen) atoms. The summed E-state index contributed by atoms with van der Waals surface area (Å²) in [6.45, 7) is 3.06. The molecule has 0 saturated heterocycles. The fourth-order valence-corrected chi connectivity index (χ4v) is 2.80. The fraction of sp³-hybridized carbons (Fsp3) is 0.650. The molecule has 0 aromatic rings. The molecular formula is C20H32N4O11. The van der Waals surface area contributed by atoms with Crippen LogP contribution in [0.3, 0.4) is 0 Å². The Hall–Kier alpha value is -3.75. The zero-order valence-electron chi connectivity index (χ0n) is 19.4. The lowest BCUT2D eigenvalue weighted by molar-refractivity contribution is -0.144. The van der Waals surface area contributed by atoms with Gasteiger partial charge in [0.25, 0.3) is 0 Å². The van der Waals surface area contributed by atoms with Gasteiger partial charge in [0.2, 0.25) is 17.7 Å². The molecule has 0 radical (unpaired) electrons. The number of hydrogen-bond acceptors (Lipinski definition) is 8. The molecule has 0 aliphatic heterocycles. The number of amides is 3. The molecule has 0 aliphatic rings. The Labute approximate surface area is 200 Å². The molecule has 0 heterocycles. The monoisotopic (exact) mass is 504 g/mol. The summed E-state index contributed by atoms with van der Waals surface area (Å²) >= 11 is 0. The van der Waals surface area contributed by atoms with Crippen LogP contribution in [0.2, 0.25) is 0 Å². The molecule has 3 amide bonds. The van der Waals surface area contributed by atoms with Crippen molar-refractivity contribution < 1.29 is 54.0 Å². The number of rotatable bonds is 17. The van der Waals surface area contributed by atoms with Crippen molar-refractivity contribution in [1.82, 2.24) is 16.0 Å². The number of carboxylic acids is 4. The van der Waals surface area contributed by atoms with E-state index in [4.69, 9.17) is 21.1 Å². The van der Waals surface area contributed by atoms with Crippen LogP contribution in [-0.4, -0.2) is 86.2 Å². The maximum absolute atomic E-state index is 12.8. The first-order valence-electron chi connectivity index (χ1n) is 10.7. The summed E-state index contributed by atoms with van der Waals surface area (Å²) in [5.41, 5.74) is 5.62. The van der Waals surface area contributed by atoms with Gasteiger partial charge in [-0.05, 0) is 25.2 Å². The van der Waals surface area contributed by atoms with Gasteiger partial charge in [-0.25, -0.2) is 4.79 Å². The molecule has 0 bridgehead atoms. The normalized spacial score (nSPS) is 14.2. The summed E-state index contributed by atoms with van der Waals surface area (Å²) in [6, 6.07) is -5.57. The predicted octanol–water partition coefficient (Wildman–Crippen LogP) is -1.90. The molecule has 0 rings (SSSR count). The Bertz CT molecular complexity index is 815. The maximum Gasteiger partial charge on any atom is 0.326 e. The molecule has 0 saturated carbocycles. The third-order valence-corrected chi connectivity index (χ3v) is 4.79. The van der Waals surface area contributed by atoms with Gasteiger partial charge in [0.1, 0.15) is 18.1 Å². The number of aliphatic carboxylic acids is 4. The fourth-order valence-electron chi connectivity index (χ4n) is 2.80. The highest BCUT2D eigenvalue weighted by molar-refractivity contribution is 5.94. The maximum atomic E-state index is 12.8. The van der Waals surface area contributed by atoms with Crippen LogP contribution in [-0.2, 0) is 33.6 Å². The van der Waals surface area contributed by atoms with E-state index in [0.29, 0.717) is 0 Å². The Kier molecular flexibility index (Phi) is 13.6. The van der Waals surface area contributed by atoms with Crippen molar-refractivity contribution in [3.05, 3.63) is 0 Å². The number of carboxylic acid groups (broad SMARTS) is 4. The van der Waals surface area contributed by atoms with Crippen LogP contribution in [0, 0.1) is 5.92 Å². The molecule has 0 aromatic heterocycles. The van der Waals surface area contributed by atoms with Crippen LogP contribution in [0.25, 0.3) is 0 Å². The van der Waals surface area contributed by atoms with Gasteiger partial charge >= 0.3 is 23.9 Å². The van der Waals surface area contributed by atoms with E-state index in [1.165, 1.54) is 13.8 Å². The molecule has 15 heteroatoms. The average molecular weight is 504 g/mol. The second-order valence-corrected chi connectivity index (χ2v) is 8.09.